The molecule has 132 valence electrons. The second kappa shape index (κ2) is 7.46. The van der Waals surface area contributed by atoms with E-state index in [4.69, 9.17) is 5.73 Å². The second-order valence-corrected chi connectivity index (χ2v) is 6.49. The number of carbonyl (C=O) groups is 1. The van der Waals surface area contributed by atoms with Crippen LogP contribution in [0.2, 0.25) is 0 Å². The molecule has 25 heavy (non-hydrogen) atoms. The number of hydrogen-bond acceptors (Lipinski definition) is 6. The molecule has 1 aromatic carbocycles. The maximum Gasteiger partial charge on any atom is 0.229 e. The smallest absolute Gasteiger partial charge is 0.229 e. The Hall–Kier alpha value is -2.70. The molecule has 0 saturated heterocycles. The molecule has 7 nitrogen and oxygen atoms in total. The van der Waals surface area contributed by atoms with E-state index in [1.807, 2.05) is 26.2 Å². The normalized spacial score (nSPS) is 16.2. The van der Waals surface area contributed by atoms with Crippen molar-refractivity contribution in [1.82, 2.24) is 20.3 Å². The first-order chi connectivity index (χ1) is 12.0. The molecule has 0 spiro atoms. The summed E-state index contributed by atoms with van der Waals surface area (Å²) < 4.78 is 0. The molecule has 1 heterocycles. The molecule has 0 bridgehead atoms. The summed E-state index contributed by atoms with van der Waals surface area (Å²) in [7, 11) is 3.70. The molecule has 1 aliphatic carbocycles. The van der Waals surface area contributed by atoms with Crippen LogP contribution in [0.15, 0.2) is 24.3 Å². The monoisotopic (exact) mass is 340 g/mol. The van der Waals surface area contributed by atoms with E-state index in [1.165, 1.54) is 5.56 Å². The minimum absolute atomic E-state index is 0.0642. The predicted molar refractivity (Wildman–Crippen MR) is 97.4 cm³/mol. The Balaban J connectivity index is 1.61. The van der Waals surface area contributed by atoms with Crippen molar-refractivity contribution in [1.29, 1.82) is 0 Å². The van der Waals surface area contributed by atoms with Crippen LogP contribution in [-0.4, -0.2) is 41.5 Å². The van der Waals surface area contributed by atoms with E-state index in [1.54, 1.807) is 4.90 Å². The number of amides is 1. The number of aryl methyl sites for hydroxylation is 1. The zero-order valence-corrected chi connectivity index (χ0v) is 14.7. The maximum absolute atomic E-state index is 12.6. The lowest BCUT2D eigenvalue weighted by molar-refractivity contribution is -0.122. The first-order valence-corrected chi connectivity index (χ1v) is 8.58. The first-order valence-electron chi connectivity index (χ1n) is 8.58. The molecule has 1 amide bonds. The summed E-state index contributed by atoms with van der Waals surface area (Å²) in [6.07, 6.45) is 3.52. The number of nitrogen functional groups attached to an aromatic ring is 1. The van der Waals surface area contributed by atoms with Crippen molar-refractivity contribution < 1.29 is 4.79 Å². The van der Waals surface area contributed by atoms with Crippen molar-refractivity contribution >= 4 is 17.8 Å². The SMILES string of the molecule is CN(C)c1nc(N)nc(CCNC(=O)C2CCCc3ccccc32)n1. The highest BCUT2D eigenvalue weighted by Crippen LogP contribution is 2.31. The van der Waals surface area contributed by atoms with E-state index in [-0.39, 0.29) is 17.8 Å². The van der Waals surface area contributed by atoms with Crippen LogP contribution in [0.4, 0.5) is 11.9 Å². The molecule has 0 fully saturated rings. The Morgan fingerprint density at radius 3 is 2.88 bits per heavy atom. The van der Waals surface area contributed by atoms with E-state index in [2.05, 4.69) is 32.4 Å². The lowest BCUT2D eigenvalue weighted by Gasteiger charge is -2.24. The molecule has 0 radical (unpaired) electrons. The van der Waals surface area contributed by atoms with E-state index in [0.29, 0.717) is 24.7 Å². The molecule has 1 aromatic heterocycles. The van der Waals surface area contributed by atoms with E-state index in [0.717, 1.165) is 24.8 Å². The summed E-state index contributed by atoms with van der Waals surface area (Å²) in [5.41, 5.74) is 8.17. The van der Waals surface area contributed by atoms with E-state index in [9.17, 15) is 4.79 Å². The number of benzene rings is 1. The van der Waals surface area contributed by atoms with Crippen LogP contribution in [0, 0.1) is 0 Å². The van der Waals surface area contributed by atoms with Crippen LogP contribution in [0.3, 0.4) is 0 Å². The third-order valence-corrected chi connectivity index (χ3v) is 4.42. The highest BCUT2D eigenvalue weighted by atomic mass is 16.1. The average molecular weight is 340 g/mol. The number of nitrogens with zero attached hydrogens (tertiary/aromatic N) is 4. The van der Waals surface area contributed by atoms with Crippen LogP contribution in [0.1, 0.15) is 35.7 Å². The van der Waals surface area contributed by atoms with Crippen molar-refractivity contribution in [2.45, 2.75) is 31.6 Å². The summed E-state index contributed by atoms with van der Waals surface area (Å²) in [5, 5.41) is 3.02. The van der Waals surface area contributed by atoms with Crippen molar-refractivity contribution in [2.75, 3.05) is 31.3 Å². The van der Waals surface area contributed by atoms with Crippen LogP contribution in [0.5, 0.6) is 0 Å². The summed E-state index contributed by atoms with van der Waals surface area (Å²) in [5.74, 6) is 1.31. The third kappa shape index (κ3) is 4.04. The molecular formula is C18H24N6O. The molecule has 1 unspecified atom stereocenters. The molecular weight excluding hydrogens is 316 g/mol. The van der Waals surface area contributed by atoms with Gasteiger partial charge in [-0.2, -0.15) is 15.0 Å². The van der Waals surface area contributed by atoms with Gasteiger partial charge in [0.05, 0.1) is 5.92 Å². The van der Waals surface area contributed by atoms with Gasteiger partial charge >= 0.3 is 0 Å². The summed E-state index contributed by atoms with van der Waals surface area (Å²) in [6, 6.07) is 8.22. The van der Waals surface area contributed by atoms with Gasteiger partial charge in [0.25, 0.3) is 0 Å². The van der Waals surface area contributed by atoms with Crippen LogP contribution < -0.4 is 16.0 Å². The number of anilines is 2. The number of nitrogens with two attached hydrogens (primary N) is 1. The van der Waals surface area contributed by atoms with Gasteiger partial charge in [-0.15, -0.1) is 0 Å². The van der Waals surface area contributed by atoms with Gasteiger partial charge in [0.2, 0.25) is 17.8 Å². The summed E-state index contributed by atoms with van der Waals surface area (Å²) in [4.78, 5) is 26.9. The predicted octanol–water partition coefficient (Wildman–Crippen LogP) is 1.30. The highest BCUT2D eigenvalue weighted by Gasteiger charge is 2.25. The number of fused-ring (bicyclic) bond motifs is 1. The standard InChI is InChI=1S/C18H24N6O/c1-24(2)18-22-15(21-17(19)23-18)10-11-20-16(25)14-9-5-7-12-6-3-4-8-13(12)14/h3-4,6,8,14H,5,7,9-11H2,1-2H3,(H,20,25)(H2,19,21,22,23). The van der Waals surface area contributed by atoms with Gasteiger partial charge in [-0.25, -0.2) is 0 Å². The Kier molecular flexibility index (Phi) is 5.11. The fraction of sp³-hybridized carbons (Fsp3) is 0.444. The quantitative estimate of drug-likeness (QED) is 0.851. The van der Waals surface area contributed by atoms with Gasteiger partial charge in [-0.05, 0) is 30.4 Å². The van der Waals surface area contributed by atoms with Gasteiger partial charge < -0.3 is 16.0 Å². The number of carbonyl (C=O) groups excluding carboxylic acids is 1. The van der Waals surface area contributed by atoms with Crippen molar-refractivity contribution in [2.24, 2.45) is 0 Å². The molecule has 1 aliphatic rings. The van der Waals surface area contributed by atoms with Crippen LogP contribution in [0.25, 0.3) is 0 Å². The van der Waals surface area contributed by atoms with Gasteiger partial charge in [0, 0.05) is 27.1 Å². The lowest BCUT2D eigenvalue weighted by Crippen LogP contribution is -2.33. The molecule has 3 N–H and O–H groups in total. The van der Waals surface area contributed by atoms with Crippen LogP contribution in [-0.2, 0) is 17.6 Å². The van der Waals surface area contributed by atoms with Crippen molar-refractivity contribution in [3.63, 3.8) is 0 Å². The molecule has 2 aromatic rings. The van der Waals surface area contributed by atoms with Crippen molar-refractivity contribution in [3.05, 3.63) is 41.2 Å². The summed E-state index contributed by atoms with van der Waals surface area (Å²) in [6.45, 7) is 0.480. The molecule has 1 atom stereocenters. The van der Waals surface area contributed by atoms with Crippen molar-refractivity contribution in [3.8, 4) is 0 Å². The minimum atomic E-state index is -0.0642. The fourth-order valence-corrected chi connectivity index (χ4v) is 3.18. The highest BCUT2D eigenvalue weighted by molar-refractivity contribution is 5.84. The molecule has 7 heteroatoms. The second-order valence-electron chi connectivity index (χ2n) is 6.49. The lowest BCUT2D eigenvalue weighted by atomic mass is 9.82. The Labute approximate surface area is 147 Å². The molecule has 3 rings (SSSR count). The average Bonchev–Trinajstić information content (AvgIpc) is 2.60. The Morgan fingerprint density at radius 2 is 2.08 bits per heavy atom. The minimum Gasteiger partial charge on any atom is -0.368 e. The first kappa shape index (κ1) is 17.1. The van der Waals surface area contributed by atoms with Crippen LogP contribution >= 0.6 is 0 Å². The van der Waals surface area contributed by atoms with E-state index >= 15 is 0 Å². The van der Waals surface area contributed by atoms with E-state index < -0.39 is 0 Å². The zero-order chi connectivity index (χ0) is 17.8. The van der Waals surface area contributed by atoms with Gasteiger partial charge in [-0.3, -0.25) is 4.79 Å². The van der Waals surface area contributed by atoms with Gasteiger partial charge in [0.15, 0.2) is 0 Å². The zero-order valence-electron chi connectivity index (χ0n) is 14.7. The number of hydrogen-bond donors (Lipinski definition) is 2. The summed E-state index contributed by atoms with van der Waals surface area (Å²) >= 11 is 0. The molecule has 0 aliphatic heterocycles. The topological polar surface area (TPSA) is 97.0 Å². The Morgan fingerprint density at radius 1 is 1.28 bits per heavy atom. The van der Waals surface area contributed by atoms with Gasteiger partial charge in [-0.1, -0.05) is 24.3 Å². The number of nitrogens with one attached hydrogen (secondary N) is 1. The number of rotatable bonds is 5. The Bertz CT molecular complexity index is 761. The molecule has 0 saturated carbocycles. The maximum atomic E-state index is 12.6. The largest absolute Gasteiger partial charge is 0.368 e. The third-order valence-electron chi connectivity index (χ3n) is 4.42. The van der Waals surface area contributed by atoms with Gasteiger partial charge in [0.1, 0.15) is 5.82 Å². The fourth-order valence-electron chi connectivity index (χ4n) is 3.18. The number of aromatic nitrogens is 3.